The standard InChI is InChI=1S/C19H25NO3S/c21-17(11-23-18(22)7-16-2-1-3-24-16)20-12-19-8-13-4-14(9-19)6-15(5-13)10-19/h1-3,13-15H,4-12H2,(H,20,21). The number of carbonyl (C=O) groups excluding carboxylic acids is 2. The zero-order valence-corrected chi connectivity index (χ0v) is 14.8. The molecule has 24 heavy (non-hydrogen) atoms. The van der Waals surface area contributed by atoms with Gasteiger partial charge in [0.2, 0.25) is 0 Å². The van der Waals surface area contributed by atoms with E-state index in [9.17, 15) is 9.59 Å². The molecule has 5 rings (SSSR count). The lowest BCUT2D eigenvalue weighted by Gasteiger charge is -2.56. The summed E-state index contributed by atoms with van der Waals surface area (Å²) in [5.74, 6) is 2.16. The van der Waals surface area contributed by atoms with Gasteiger partial charge in [-0.05, 0) is 73.1 Å². The van der Waals surface area contributed by atoms with Crippen molar-refractivity contribution in [2.24, 2.45) is 23.2 Å². The first kappa shape index (κ1) is 16.1. The van der Waals surface area contributed by atoms with Crippen LogP contribution in [0.5, 0.6) is 0 Å². The van der Waals surface area contributed by atoms with Crippen molar-refractivity contribution in [1.82, 2.24) is 5.32 Å². The maximum Gasteiger partial charge on any atom is 0.311 e. The molecule has 1 aromatic heterocycles. The molecule has 0 spiro atoms. The van der Waals surface area contributed by atoms with Crippen LogP contribution in [-0.4, -0.2) is 25.0 Å². The number of rotatable bonds is 6. The summed E-state index contributed by atoms with van der Waals surface area (Å²) in [6.07, 6.45) is 8.31. The molecule has 0 unspecified atom stereocenters. The third-order valence-electron chi connectivity index (χ3n) is 6.09. The molecule has 4 nitrogen and oxygen atoms in total. The number of carbonyl (C=O) groups is 2. The van der Waals surface area contributed by atoms with Crippen LogP contribution < -0.4 is 5.32 Å². The van der Waals surface area contributed by atoms with Crippen LogP contribution in [0.3, 0.4) is 0 Å². The fourth-order valence-electron chi connectivity index (χ4n) is 5.60. The van der Waals surface area contributed by atoms with E-state index in [-0.39, 0.29) is 24.9 Å². The Labute approximate surface area is 147 Å². The number of hydrogen-bond acceptors (Lipinski definition) is 4. The number of amides is 1. The van der Waals surface area contributed by atoms with Gasteiger partial charge in [-0.25, -0.2) is 0 Å². The maximum atomic E-state index is 12.1. The van der Waals surface area contributed by atoms with Gasteiger partial charge < -0.3 is 10.1 Å². The maximum absolute atomic E-state index is 12.1. The average molecular weight is 347 g/mol. The molecule has 5 heteroatoms. The van der Waals surface area contributed by atoms with Crippen molar-refractivity contribution in [3.63, 3.8) is 0 Å². The van der Waals surface area contributed by atoms with Crippen molar-refractivity contribution in [2.45, 2.75) is 44.9 Å². The molecule has 0 aromatic carbocycles. The smallest absolute Gasteiger partial charge is 0.311 e. The van der Waals surface area contributed by atoms with E-state index in [1.807, 2.05) is 17.5 Å². The van der Waals surface area contributed by atoms with Gasteiger partial charge in [0.15, 0.2) is 6.61 Å². The normalized spacial score (nSPS) is 33.4. The third kappa shape index (κ3) is 3.51. The Balaban J connectivity index is 1.22. The first-order chi connectivity index (χ1) is 11.6. The van der Waals surface area contributed by atoms with Crippen LogP contribution in [0.1, 0.15) is 43.4 Å². The van der Waals surface area contributed by atoms with Gasteiger partial charge in [-0.3, -0.25) is 9.59 Å². The molecule has 1 aromatic rings. The van der Waals surface area contributed by atoms with Crippen LogP contribution in [-0.2, 0) is 20.7 Å². The van der Waals surface area contributed by atoms with E-state index in [0.717, 1.165) is 29.2 Å². The largest absolute Gasteiger partial charge is 0.455 e. The monoisotopic (exact) mass is 347 g/mol. The van der Waals surface area contributed by atoms with E-state index in [4.69, 9.17) is 4.74 Å². The number of nitrogens with one attached hydrogen (secondary N) is 1. The minimum Gasteiger partial charge on any atom is -0.455 e. The van der Waals surface area contributed by atoms with Crippen molar-refractivity contribution in [3.05, 3.63) is 22.4 Å². The molecule has 1 heterocycles. The summed E-state index contributed by atoms with van der Waals surface area (Å²) in [6, 6.07) is 3.81. The molecule has 0 aliphatic heterocycles. The van der Waals surface area contributed by atoms with Gasteiger partial charge in [-0.2, -0.15) is 0 Å². The van der Waals surface area contributed by atoms with E-state index in [2.05, 4.69) is 5.32 Å². The van der Waals surface area contributed by atoms with Crippen LogP contribution in [0, 0.1) is 23.2 Å². The van der Waals surface area contributed by atoms with Gasteiger partial charge in [-0.1, -0.05) is 6.07 Å². The second-order valence-corrected chi connectivity index (χ2v) is 9.14. The molecule has 1 N–H and O–H groups in total. The molecule has 130 valence electrons. The van der Waals surface area contributed by atoms with Crippen LogP contribution in [0.25, 0.3) is 0 Å². The number of esters is 1. The predicted molar refractivity (Wildman–Crippen MR) is 92.6 cm³/mol. The molecule has 0 radical (unpaired) electrons. The van der Waals surface area contributed by atoms with E-state index in [1.165, 1.54) is 49.9 Å². The second kappa shape index (κ2) is 6.51. The zero-order valence-electron chi connectivity index (χ0n) is 14.0. The van der Waals surface area contributed by atoms with E-state index < -0.39 is 0 Å². The Bertz CT molecular complexity index is 575. The molecule has 4 aliphatic carbocycles. The highest BCUT2D eigenvalue weighted by molar-refractivity contribution is 7.10. The zero-order chi connectivity index (χ0) is 16.6. The van der Waals surface area contributed by atoms with E-state index >= 15 is 0 Å². The van der Waals surface area contributed by atoms with Crippen molar-refractivity contribution < 1.29 is 14.3 Å². The molecular formula is C19H25NO3S. The number of hydrogen-bond donors (Lipinski definition) is 1. The highest BCUT2D eigenvalue weighted by atomic mass is 32.1. The number of thiophene rings is 1. The SMILES string of the molecule is O=C(COC(=O)Cc1cccs1)NCC12CC3CC(CC(C3)C1)C2. The van der Waals surface area contributed by atoms with Gasteiger partial charge in [0, 0.05) is 11.4 Å². The van der Waals surface area contributed by atoms with Gasteiger partial charge >= 0.3 is 5.97 Å². The summed E-state index contributed by atoms with van der Waals surface area (Å²) < 4.78 is 5.10. The lowest BCUT2D eigenvalue weighted by atomic mass is 9.49. The molecule has 4 bridgehead atoms. The topological polar surface area (TPSA) is 55.4 Å². The minimum atomic E-state index is -0.331. The highest BCUT2D eigenvalue weighted by Gasteiger charge is 2.50. The van der Waals surface area contributed by atoms with Crippen LogP contribution in [0.15, 0.2) is 17.5 Å². The molecule has 0 atom stereocenters. The summed E-state index contributed by atoms with van der Waals surface area (Å²) in [6.45, 7) is 0.606. The van der Waals surface area contributed by atoms with Crippen LogP contribution >= 0.6 is 11.3 Å². The molecule has 1 amide bonds. The van der Waals surface area contributed by atoms with Gasteiger partial charge in [0.05, 0.1) is 6.42 Å². The predicted octanol–water partition coefficient (Wildman–Crippen LogP) is 3.17. The van der Waals surface area contributed by atoms with Gasteiger partial charge in [-0.15, -0.1) is 11.3 Å². The second-order valence-electron chi connectivity index (χ2n) is 8.11. The minimum absolute atomic E-state index is 0.156. The fraction of sp³-hybridized carbons (Fsp3) is 0.684. The number of ether oxygens (including phenoxy) is 1. The molecule has 0 saturated heterocycles. The quantitative estimate of drug-likeness (QED) is 0.804. The van der Waals surface area contributed by atoms with E-state index in [1.54, 1.807) is 0 Å². The summed E-state index contributed by atoms with van der Waals surface area (Å²) in [5, 5.41) is 4.97. The van der Waals surface area contributed by atoms with Crippen LogP contribution in [0.4, 0.5) is 0 Å². The Kier molecular flexibility index (Phi) is 4.37. The summed E-state index contributed by atoms with van der Waals surface area (Å²) >= 11 is 1.53. The molecule has 4 fully saturated rings. The summed E-state index contributed by atoms with van der Waals surface area (Å²) in [7, 11) is 0. The molecule has 4 aliphatic rings. The first-order valence-corrected chi connectivity index (χ1v) is 9.93. The van der Waals surface area contributed by atoms with Crippen LogP contribution in [0.2, 0.25) is 0 Å². The molecule has 4 saturated carbocycles. The van der Waals surface area contributed by atoms with Crippen molar-refractivity contribution in [3.8, 4) is 0 Å². The Morgan fingerprint density at radius 3 is 2.42 bits per heavy atom. The third-order valence-corrected chi connectivity index (χ3v) is 6.96. The lowest BCUT2D eigenvalue weighted by Crippen LogP contribution is -2.51. The van der Waals surface area contributed by atoms with Crippen molar-refractivity contribution in [2.75, 3.05) is 13.2 Å². The van der Waals surface area contributed by atoms with Gasteiger partial charge in [0.1, 0.15) is 0 Å². The Hall–Kier alpha value is -1.36. The van der Waals surface area contributed by atoms with Gasteiger partial charge in [0.25, 0.3) is 5.91 Å². The molecular weight excluding hydrogens is 322 g/mol. The highest BCUT2D eigenvalue weighted by Crippen LogP contribution is 2.59. The van der Waals surface area contributed by atoms with E-state index in [0.29, 0.717) is 5.41 Å². The average Bonchev–Trinajstić information content (AvgIpc) is 3.03. The van der Waals surface area contributed by atoms with Crippen molar-refractivity contribution in [1.29, 1.82) is 0 Å². The first-order valence-electron chi connectivity index (χ1n) is 9.05. The lowest BCUT2D eigenvalue weighted by molar-refractivity contribution is -0.148. The summed E-state index contributed by atoms with van der Waals surface area (Å²) in [4.78, 5) is 24.8. The summed E-state index contributed by atoms with van der Waals surface area (Å²) in [5.41, 5.74) is 0.325. The fourth-order valence-corrected chi connectivity index (χ4v) is 6.29. The Morgan fingerprint density at radius 1 is 1.17 bits per heavy atom. The Morgan fingerprint density at radius 2 is 1.83 bits per heavy atom. The van der Waals surface area contributed by atoms with Crippen molar-refractivity contribution >= 4 is 23.2 Å².